The highest BCUT2D eigenvalue weighted by atomic mass is 31.3. The number of phosphoric acid groups is 3. The minimum absolute atomic E-state index is 0.00291. The third kappa shape index (κ3) is 10.9. The van der Waals surface area contributed by atoms with Crippen molar-refractivity contribution in [3.63, 3.8) is 0 Å². The fourth-order valence-corrected chi connectivity index (χ4v) is 12.8. The van der Waals surface area contributed by atoms with Crippen molar-refractivity contribution in [3.8, 4) is 11.8 Å². The van der Waals surface area contributed by atoms with Gasteiger partial charge >= 0.3 is 29.2 Å². The molecule has 0 aliphatic carbocycles. The number of hydrogen-bond acceptors (Lipinski definition) is 13. The van der Waals surface area contributed by atoms with E-state index < -0.39 is 53.5 Å². The van der Waals surface area contributed by atoms with Crippen molar-refractivity contribution in [3.05, 3.63) is 142 Å². The van der Waals surface area contributed by atoms with Gasteiger partial charge in [0.15, 0.2) is 5.71 Å². The molecule has 372 valence electrons. The predicted molar refractivity (Wildman–Crippen MR) is 269 cm³/mol. The molecule has 5 atom stereocenters. The number of hydrogen-bond donors (Lipinski definition) is 5. The van der Waals surface area contributed by atoms with Gasteiger partial charge in [-0.1, -0.05) is 98.5 Å². The first-order valence-electron chi connectivity index (χ1n) is 22.4. The van der Waals surface area contributed by atoms with Gasteiger partial charge in [0, 0.05) is 47.8 Å². The minimum atomic E-state index is -5.59. The van der Waals surface area contributed by atoms with Crippen LogP contribution in [0.5, 0.6) is 0 Å². The smallest absolute Gasteiger partial charge is 0.382 e. The molecule has 1 aromatic heterocycles. The van der Waals surface area contributed by atoms with Crippen LogP contribution in [0.2, 0.25) is 0 Å². The predicted octanol–water partition coefficient (Wildman–Crippen LogP) is 7.77. The fraction of sp³-hybridized carbons (Fsp3) is 0.306. The second kappa shape index (κ2) is 20.0. The molecule has 0 radical (unpaired) electrons. The van der Waals surface area contributed by atoms with Crippen molar-refractivity contribution in [2.75, 3.05) is 44.5 Å². The van der Waals surface area contributed by atoms with Crippen LogP contribution in [0.1, 0.15) is 63.5 Å². The van der Waals surface area contributed by atoms with Crippen molar-refractivity contribution in [2.24, 2.45) is 0 Å². The number of phosphoric ester groups is 2. The lowest BCUT2D eigenvalue weighted by Crippen LogP contribution is -2.37. The van der Waals surface area contributed by atoms with Crippen LogP contribution in [0.25, 0.3) is 21.5 Å². The Bertz CT molecular complexity index is 3370. The van der Waals surface area contributed by atoms with E-state index in [1.807, 2.05) is 29.2 Å². The van der Waals surface area contributed by atoms with Crippen LogP contribution in [-0.2, 0) is 51.7 Å². The van der Waals surface area contributed by atoms with Crippen molar-refractivity contribution >= 4 is 73.8 Å². The number of amides is 1. The van der Waals surface area contributed by atoms with E-state index in [2.05, 4.69) is 153 Å². The van der Waals surface area contributed by atoms with Crippen LogP contribution in [0.15, 0.2) is 120 Å². The van der Waals surface area contributed by atoms with Gasteiger partial charge in [-0.15, -0.1) is 0 Å². The number of rotatable bonds is 15. The highest BCUT2D eigenvalue weighted by Gasteiger charge is 2.45. The number of allylic oxidation sites excluding steroid dienone is 6. The largest absolute Gasteiger partial charge is 0.490 e. The summed E-state index contributed by atoms with van der Waals surface area (Å²) in [4.78, 5) is 61.3. The summed E-state index contributed by atoms with van der Waals surface area (Å²) in [5, 5.41) is 7.54. The second-order valence-corrected chi connectivity index (χ2v) is 22.8. The van der Waals surface area contributed by atoms with Crippen molar-refractivity contribution in [1.29, 1.82) is 0 Å². The Labute approximate surface area is 409 Å². The molecule has 0 spiro atoms. The monoisotopic (exact) mass is 1030 g/mol. The van der Waals surface area contributed by atoms with E-state index in [0.717, 1.165) is 32.3 Å². The second-order valence-electron chi connectivity index (χ2n) is 18.1. The molecule has 6 N–H and O–H groups in total. The molecule has 4 aromatic carbocycles. The number of ether oxygens (including phenoxy) is 1. The number of nitrogen functional groups attached to an aromatic ring is 1. The Hall–Kier alpha value is -5.83. The van der Waals surface area contributed by atoms with Crippen molar-refractivity contribution in [2.45, 2.75) is 63.7 Å². The van der Waals surface area contributed by atoms with E-state index in [4.69, 9.17) is 15.0 Å². The first-order chi connectivity index (χ1) is 33.5. The molecule has 1 saturated heterocycles. The fourth-order valence-electron chi connectivity index (χ4n) is 9.55. The summed E-state index contributed by atoms with van der Waals surface area (Å²) in [5.41, 5.74) is 11.4. The number of nitrogens with one attached hydrogen (secondary N) is 1. The standard InChI is InChI=1S/C49H53N6O13P3/c1-48(2)40(53(5)38-25-22-32-15-10-12-18-36(32)44(38)48)20-8-7-9-21-41-49(3,4)45-37-19-13-11-16-33(37)23-26-39(45)54(41)30-42(56)51-28-14-17-34-29-55(47(57)52-46(34)50)43-27-24-35(66-43)31-65-70(60,61)68-71(62,63)67-69(58,59)64-6/h7-13,15-16,18-23,25-26,29,35,43H,24,27-28,30-31H2,1-6H3,(H5-,50,51,52,56,57,58,59,60,61,62,63)/p+1. The molecule has 3 aliphatic heterocycles. The number of nitrogens with zero attached hydrogens (tertiary/aromatic N) is 4. The SMILES string of the molecule is COP(=O)(O)OP(=O)(O)OP(=O)(O)OCC1CCC(n2cc(C#CCNC(=O)CN3C(=CC=CC=CC4=[N+](C)c5ccc6ccccc6c5C4(C)C)C(C)(C)c4c3ccc3ccccc43)c(N)nc2=O)O1. The van der Waals surface area contributed by atoms with Gasteiger partial charge in [-0.3, -0.25) is 18.4 Å². The van der Waals surface area contributed by atoms with Gasteiger partial charge in [0.25, 0.3) is 0 Å². The molecule has 5 aromatic rings. The van der Waals surface area contributed by atoms with Gasteiger partial charge in [0.05, 0.1) is 30.2 Å². The molecule has 0 bridgehead atoms. The third-order valence-electron chi connectivity index (χ3n) is 12.7. The maximum Gasteiger partial charge on any atom is 0.490 e. The summed E-state index contributed by atoms with van der Waals surface area (Å²) in [6.07, 6.45) is 10.2. The summed E-state index contributed by atoms with van der Waals surface area (Å²) in [6, 6.07) is 25.2. The van der Waals surface area contributed by atoms with Gasteiger partial charge in [0.1, 0.15) is 25.6 Å². The minimum Gasteiger partial charge on any atom is -0.382 e. The average molecular weight is 1030 g/mol. The van der Waals surface area contributed by atoms with E-state index in [1.165, 1.54) is 33.9 Å². The molecule has 0 saturated carbocycles. The summed E-state index contributed by atoms with van der Waals surface area (Å²) < 4.78 is 61.6. The molecule has 1 fully saturated rings. The van der Waals surface area contributed by atoms with Crippen LogP contribution in [0, 0.1) is 11.8 Å². The summed E-state index contributed by atoms with van der Waals surface area (Å²) in [7, 11) is -13.2. The van der Waals surface area contributed by atoms with Gasteiger partial charge in [-0.25, -0.2) is 18.5 Å². The zero-order valence-electron chi connectivity index (χ0n) is 39.7. The van der Waals surface area contributed by atoms with E-state index in [0.29, 0.717) is 7.11 Å². The van der Waals surface area contributed by atoms with Crippen molar-refractivity contribution in [1.82, 2.24) is 14.9 Å². The maximum absolute atomic E-state index is 13.8. The normalized spacial score (nSPS) is 21.3. The quantitative estimate of drug-likeness (QED) is 0.0290. The Kier molecular flexibility index (Phi) is 14.5. The first kappa shape index (κ1) is 51.5. The van der Waals surface area contributed by atoms with Gasteiger partial charge in [0.2, 0.25) is 11.6 Å². The van der Waals surface area contributed by atoms with E-state index in [-0.39, 0.29) is 48.6 Å². The van der Waals surface area contributed by atoms with E-state index in [1.54, 1.807) is 0 Å². The summed E-state index contributed by atoms with van der Waals surface area (Å²) in [6.45, 7) is 8.12. The number of fused-ring (bicyclic) bond motifs is 6. The van der Waals surface area contributed by atoms with Crippen molar-refractivity contribution < 1.29 is 60.2 Å². The van der Waals surface area contributed by atoms with Crippen LogP contribution >= 0.6 is 23.5 Å². The molecule has 5 unspecified atom stereocenters. The lowest BCUT2D eigenvalue weighted by atomic mass is 9.79. The molecule has 3 aliphatic rings. The van der Waals surface area contributed by atoms with Crippen LogP contribution in [0.3, 0.4) is 0 Å². The molecule has 71 heavy (non-hydrogen) atoms. The Morgan fingerprint density at radius 1 is 0.901 bits per heavy atom. The molecule has 22 heteroatoms. The molecule has 19 nitrogen and oxygen atoms in total. The van der Waals surface area contributed by atoms with Crippen LogP contribution in [0.4, 0.5) is 17.2 Å². The molecular weight excluding hydrogens is 973 g/mol. The molecule has 8 rings (SSSR count). The Morgan fingerprint density at radius 3 is 2.27 bits per heavy atom. The summed E-state index contributed by atoms with van der Waals surface area (Å²) in [5.74, 6) is 5.29. The highest BCUT2D eigenvalue weighted by Crippen LogP contribution is 2.67. The van der Waals surface area contributed by atoms with Gasteiger partial charge in [-0.2, -0.15) is 18.2 Å². The Morgan fingerprint density at radius 2 is 1.56 bits per heavy atom. The number of benzene rings is 4. The Balaban J connectivity index is 0.937. The number of carbonyl (C=O) groups is 1. The number of anilines is 2. The van der Waals surface area contributed by atoms with E-state index >= 15 is 0 Å². The van der Waals surface area contributed by atoms with Gasteiger partial charge < -0.3 is 35.4 Å². The zero-order chi connectivity index (χ0) is 51.1. The topological polar surface area (TPSA) is 254 Å². The highest BCUT2D eigenvalue weighted by molar-refractivity contribution is 7.66. The maximum atomic E-state index is 13.8. The number of carbonyl (C=O) groups excluding carboxylic acids is 1. The lowest BCUT2D eigenvalue weighted by Gasteiger charge is -2.26. The number of aromatic nitrogens is 2. The average Bonchev–Trinajstić information content (AvgIpc) is 3.92. The van der Waals surface area contributed by atoms with Crippen LogP contribution < -0.4 is 21.6 Å². The summed E-state index contributed by atoms with van der Waals surface area (Å²) >= 11 is 0. The first-order valence-corrected chi connectivity index (χ1v) is 26.9. The van der Waals surface area contributed by atoms with Gasteiger partial charge in [-0.05, 0) is 72.0 Å². The zero-order valence-corrected chi connectivity index (χ0v) is 42.4. The molecular formula is C49H54N6O13P3+. The molecule has 4 heterocycles. The van der Waals surface area contributed by atoms with E-state index in [9.17, 15) is 38.0 Å². The third-order valence-corrected chi connectivity index (χ3v) is 17.0. The molecule has 1 amide bonds. The number of nitrogens with two attached hydrogens (primary N) is 1. The van der Waals surface area contributed by atoms with Crippen LogP contribution in [-0.4, -0.2) is 80.4 Å². The lowest BCUT2D eigenvalue weighted by molar-refractivity contribution is -0.401.